The smallest absolute Gasteiger partial charge is 0.248 e. The van der Waals surface area contributed by atoms with Gasteiger partial charge in [-0.1, -0.05) is 19.9 Å². The van der Waals surface area contributed by atoms with Gasteiger partial charge in [0.1, 0.15) is 0 Å². The van der Waals surface area contributed by atoms with Crippen molar-refractivity contribution in [2.45, 2.75) is 26.2 Å². The lowest BCUT2D eigenvalue weighted by Gasteiger charge is -2.11. The molecule has 0 rings (SSSR count). The lowest BCUT2D eigenvalue weighted by atomic mass is 10.1. The number of carbonyl (C=O) groups is 1. The number of nitrogens with zero attached hydrogens (tertiary/aromatic N) is 1. The van der Waals surface area contributed by atoms with Crippen LogP contribution in [0.2, 0.25) is 0 Å². The van der Waals surface area contributed by atoms with Gasteiger partial charge < -0.3 is 4.90 Å². The maximum Gasteiger partial charge on any atom is 0.248 e. The zero-order valence-corrected chi connectivity index (χ0v) is 7.68. The van der Waals surface area contributed by atoms with Gasteiger partial charge in [0, 0.05) is 19.7 Å². The number of rotatable bonds is 4. The molecule has 1 amide bonds. The fraction of sp³-hybridized carbons (Fsp3) is 0.667. The number of unbranched alkanes of at least 4 members (excludes halogenated alkanes) is 1. The summed E-state index contributed by atoms with van der Waals surface area (Å²) in [6, 6.07) is 0. The van der Waals surface area contributed by atoms with Crippen molar-refractivity contribution in [2.24, 2.45) is 0 Å². The Labute approximate surface area is 68.9 Å². The minimum atomic E-state index is 0.0541. The number of likely N-dealkylation sites (N-methyl/N-ethyl adjacent to an activating group) is 1. The van der Waals surface area contributed by atoms with E-state index in [9.17, 15) is 4.79 Å². The monoisotopic (exact) mass is 155 g/mol. The molecule has 0 saturated carbocycles. The lowest BCUT2D eigenvalue weighted by molar-refractivity contribution is -0.124. The van der Waals surface area contributed by atoms with Gasteiger partial charge >= 0.3 is 0 Å². The van der Waals surface area contributed by atoms with Crippen LogP contribution in [0.5, 0.6) is 0 Å². The summed E-state index contributed by atoms with van der Waals surface area (Å²) >= 11 is 0. The van der Waals surface area contributed by atoms with Crippen molar-refractivity contribution in [2.75, 3.05) is 14.1 Å². The average Bonchev–Trinajstić information content (AvgIpc) is 1.98. The van der Waals surface area contributed by atoms with Gasteiger partial charge in [0.05, 0.1) is 0 Å². The van der Waals surface area contributed by atoms with Crippen molar-refractivity contribution in [3.8, 4) is 0 Å². The Bertz CT molecular complexity index is 150. The van der Waals surface area contributed by atoms with Crippen molar-refractivity contribution in [1.82, 2.24) is 4.90 Å². The van der Waals surface area contributed by atoms with E-state index in [1.54, 1.807) is 19.0 Å². The van der Waals surface area contributed by atoms with Gasteiger partial charge in [0.2, 0.25) is 5.91 Å². The van der Waals surface area contributed by atoms with E-state index in [2.05, 4.69) is 13.5 Å². The Morgan fingerprint density at radius 1 is 1.45 bits per heavy atom. The molecule has 0 bridgehead atoms. The minimum absolute atomic E-state index is 0.0541. The topological polar surface area (TPSA) is 20.3 Å². The highest BCUT2D eigenvalue weighted by atomic mass is 16.2. The number of carbonyl (C=O) groups excluding carboxylic acids is 1. The molecule has 0 spiro atoms. The molecule has 64 valence electrons. The molecule has 0 fully saturated rings. The summed E-state index contributed by atoms with van der Waals surface area (Å²) in [5, 5.41) is 0. The van der Waals surface area contributed by atoms with Crippen molar-refractivity contribution in [1.29, 1.82) is 0 Å². The van der Waals surface area contributed by atoms with E-state index < -0.39 is 0 Å². The third-order valence-corrected chi connectivity index (χ3v) is 1.54. The molecule has 0 unspecified atom stereocenters. The predicted molar refractivity (Wildman–Crippen MR) is 47.4 cm³/mol. The van der Waals surface area contributed by atoms with Crippen LogP contribution in [0.1, 0.15) is 26.2 Å². The Morgan fingerprint density at radius 2 is 2.00 bits per heavy atom. The third-order valence-electron chi connectivity index (χ3n) is 1.54. The normalized spacial score (nSPS) is 9.36. The first-order valence-corrected chi connectivity index (χ1v) is 3.99. The fourth-order valence-electron chi connectivity index (χ4n) is 0.813. The standard InChI is InChI=1S/C9H17NO/c1-5-6-7-8(2)9(11)10(3)4/h2,5-7H2,1,3-4H3. The van der Waals surface area contributed by atoms with E-state index in [4.69, 9.17) is 0 Å². The van der Waals surface area contributed by atoms with Crippen LogP contribution >= 0.6 is 0 Å². The SMILES string of the molecule is C=C(CCCC)C(=O)N(C)C. The lowest BCUT2D eigenvalue weighted by Crippen LogP contribution is -2.22. The maximum atomic E-state index is 11.2. The first-order valence-electron chi connectivity index (χ1n) is 3.99. The summed E-state index contributed by atoms with van der Waals surface area (Å²) in [5.41, 5.74) is 0.719. The van der Waals surface area contributed by atoms with Crippen LogP contribution in [-0.2, 0) is 4.79 Å². The Hall–Kier alpha value is -0.790. The summed E-state index contributed by atoms with van der Waals surface area (Å²) in [6.45, 7) is 5.83. The number of hydrogen-bond acceptors (Lipinski definition) is 1. The van der Waals surface area contributed by atoms with Gasteiger partial charge in [-0.15, -0.1) is 0 Å². The second kappa shape index (κ2) is 4.94. The van der Waals surface area contributed by atoms with E-state index >= 15 is 0 Å². The molecular formula is C9H17NO. The highest BCUT2D eigenvalue weighted by Crippen LogP contribution is 2.06. The summed E-state index contributed by atoms with van der Waals surface area (Å²) in [7, 11) is 3.50. The Morgan fingerprint density at radius 3 is 2.36 bits per heavy atom. The number of hydrogen-bond donors (Lipinski definition) is 0. The van der Waals surface area contributed by atoms with E-state index in [0.717, 1.165) is 24.8 Å². The van der Waals surface area contributed by atoms with Crippen molar-refractivity contribution >= 4 is 5.91 Å². The molecule has 0 N–H and O–H groups in total. The van der Waals surface area contributed by atoms with Crippen LogP contribution in [0.4, 0.5) is 0 Å². The molecule has 0 aliphatic rings. The quantitative estimate of drug-likeness (QED) is 0.567. The summed E-state index contributed by atoms with van der Waals surface area (Å²) < 4.78 is 0. The molecule has 0 aromatic rings. The third kappa shape index (κ3) is 3.81. The molecule has 0 aliphatic carbocycles. The average molecular weight is 155 g/mol. The van der Waals surface area contributed by atoms with Crippen molar-refractivity contribution < 1.29 is 4.79 Å². The van der Waals surface area contributed by atoms with E-state index in [-0.39, 0.29) is 5.91 Å². The molecule has 2 heteroatoms. The van der Waals surface area contributed by atoms with E-state index in [1.807, 2.05) is 0 Å². The summed E-state index contributed by atoms with van der Waals surface area (Å²) in [6.07, 6.45) is 2.99. The van der Waals surface area contributed by atoms with Gasteiger partial charge in [-0.3, -0.25) is 4.79 Å². The Kier molecular flexibility index (Phi) is 4.59. The van der Waals surface area contributed by atoms with Crippen LogP contribution in [0.25, 0.3) is 0 Å². The largest absolute Gasteiger partial charge is 0.345 e. The predicted octanol–water partition coefficient (Wildman–Crippen LogP) is 1.82. The second-order valence-corrected chi connectivity index (χ2v) is 2.91. The molecule has 0 saturated heterocycles. The van der Waals surface area contributed by atoms with Crippen LogP contribution in [0.3, 0.4) is 0 Å². The van der Waals surface area contributed by atoms with Crippen LogP contribution in [0, 0.1) is 0 Å². The zero-order chi connectivity index (χ0) is 8.85. The van der Waals surface area contributed by atoms with Gasteiger partial charge in [0.15, 0.2) is 0 Å². The molecule has 11 heavy (non-hydrogen) atoms. The Balaban J connectivity index is 3.75. The van der Waals surface area contributed by atoms with Gasteiger partial charge in [-0.25, -0.2) is 0 Å². The molecule has 0 aromatic heterocycles. The minimum Gasteiger partial charge on any atom is -0.345 e. The van der Waals surface area contributed by atoms with Crippen LogP contribution in [0.15, 0.2) is 12.2 Å². The molecule has 0 radical (unpaired) electrons. The highest BCUT2D eigenvalue weighted by Gasteiger charge is 2.07. The van der Waals surface area contributed by atoms with E-state index in [0.29, 0.717) is 0 Å². The van der Waals surface area contributed by atoms with Crippen LogP contribution in [-0.4, -0.2) is 24.9 Å². The number of amides is 1. The van der Waals surface area contributed by atoms with Crippen LogP contribution < -0.4 is 0 Å². The molecular weight excluding hydrogens is 138 g/mol. The summed E-state index contributed by atoms with van der Waals surface area (Å²) in [5.74, 6) is 0.0541. The van der Waals surface area contributed by atoms with Gasteiger partial charge in [-0.05, 0) is 12.8 Å². The van der Waals surface area contributed by atoms with Crippen molar-refractivity contribution in [3.05, 3.63) is 12.2 Å². The van der Waals surface area contributed by atoms with Gasteiger partial charge in [0.25, 0.3) is 0 Å². The second-order valence-electron chi connectivity index (χ2n) is 2.91. The fourth-order valence-corrected chi connectivity index (χ4v) is 0.813. The van der Waals surface area contributed by atoms with E-state index in [1.165, 1.54) is 0 Å². The maximum absolute atomic E-state index is 11.2. The molecule has 0 atom stereocenters. The zero-order valence-electron chi connectivity index (χ0n) is 7.68. The summed E-state index contributed by atoms with van der Waals surface area (Å²) in [4.78, 5) is 12.7. The first-order chi connectivity index (χ1) is 5.09. The molecule has 0 aromatic carbocycles. The molecule has 2 nitrogen and oxygen atoms in total. The van der Waals surface area contributed by atoms with Gasteiger partial charge in [-0.2, -0.15) is 0 Å². The van der Waals surface area contributed by atoms with Crippen molar-refractivity contribution in [3.63, 3.8) is 0 Å². The molecule has 0 heterocycles. The molecule has 0 aliphatic heterocycles. The highest BCUT2D eigenvalue weighted by molar-refractivity contribution is 5.92. The first kappa shape index (κ1) is 10.2.